The molecule has 1 N–H and O–H groups in total. The second-order valence-electron chi connectivity index (χ2n) is 5.46. The molecule has 110 valence electrons. The van der Waals surface area contributed by atoms with Gasteiger partial charge in [0.15, 0.2) is 0 Å². The predicted octanol–water partition coefficient (Wildman–Crippen LogP) is 1.70. The number of hydrogen-bond donors (Lipinski definition) is 1. The number of anilines is 1. The Labute approximate surface area is 119 Å². The van der Waals surface area contributed by atoms with Crippen molar-refractivity contribution in [1.29, 1.82) is 0 Å². The fourth-order valence-electron chi connectivity index (χ4n) is 2.45. The third-order valence-electron chi connectivity index (χ3n) is 3.49. The zero-order chi connectivity index (χ0) is 14.7. The summed E-state index contributed by atoms with van der Waals surface area (Å²) in [6, 6.07) is 3.88. The topological polar surface area (TPSA) is 39.6 Å². The summed E-state index contributed by atoms with van der Waals surface area (Å²) in [4.78, 5) is 8.63. The molecule has 1 aliphatic heterocycles. The molecule has 0 saturated carbocycles. The standard InChI is InChI=1S/C15H22FN3O/c1-4-11-5-6-14(13(17-11)9-18(2)3)19-8-7-12(16)15(20)10-19/h4-6,12,15,20H,1,7-10H2,2-3H3/t12-,15+/m1/s1. The second kappa shape index (κ2) is 6.33. The molecule has 0 unspecified atom stereocenters. The van der Waals surface area contributed by atoms with Gasteiger partial charge in [0.2, 0.25) is 0 Å². The number of halogens is 1. The molecule has 1 aromatic heterocycles. The fourth-order valence-corrected chi connectivity index (χ4v) is 2.45. The van der Waals surface area contributed by atoms with Gasteiger partial charge in [-0.15, -0.1) is 0 Å². The van der Waals surface area contributed by atoms with Crippen LogP contribution in [-0.4, -0.2) is 54.5 Å². The largest absolute Gasteiger partial charge is 0.388 e. The van der Waals surface area contributed by atoms with E-state index in [9.17, 15) is 9.50 Å². The third-order valence-corrected chi connectivity index (χ3v) is 3.49. The predicted molar refractivity (Wildman–Crippen MR) is 79.5 cm³/mol. The molecule has 2 heterocycles. The average molecular weight is 279 g/mol. The summed E-state index contributed by atoms with van der Waals surface area (Å²) >= 11 is 0. The van der Waals surface area contributed by atoms with Gasteiger partial charge in [-0.2, -0.15) is 0 Å². The van der Waals surface area contributed by atoms with Crippen LogP contribution in [0, 0.1) is 0 Å². The van der Waals surface area contributed by atoms with Crippen LogP contribution in [0.3, 0.4) is 0 Å². The molecule has 4 nitrogen and oxygen atoms in total. The van der Waals surface area contributed by atoms with E-state index in [0.717, 1.165) is 17.1 Å². The van der Waals surface area contributed by atoms with Gasteiger partial charge >= 0.3 is 0 Å². The van der Waals surface area contributed by atoms with Crippen molar-refractivity contribution >= 4 is 11.8 Å². The highest BCUT2D eigenvalue weighted by molar-refractivity contribution is 5.55. The van der Waals surface area contributed by atoms with E-state index in [1.165, 1.54) is 0 Å². The molecular weight excluding hydrogens is 257 g/mol. The molecule has 1 fully saturated rings. The van der Waals surface area contributed by atoms with Gasteiger partial charge in [-0.1, -0.05) is 6.58 Å². The quantitative estimate of drug-likeness (QED) is 0.910. The van der Waals surface area contributed by atoms with Crippen LogP contribution in [0.25, 0.3) is 6.08 Å². The van der Waals surface area contributed by atoms with Gasteiger partial charge in [-0.3, -0.25) is 0 Å². The number of hydrogen-bond acceptors (Lipinski definition) is 4. The number of β-amino-alcohol motifs (C(OH)–C–C–N with tert-alkyl or cyclic N) is 1. The Morgan fingerprint density at radius 3 is 2.90 bits per heavy atom. The maximum Gasteiger partial charge on any atom is 0.129 e. The van der Waals surface area contributed by atoms with Crippen LogP contribution in [0.4, 0.5) is 10.1 Å². The van der Waals surface area contributed by atoms with Crippen molar-refractivity contribution in [2.24, 2.45) is 0 Å². The van der Waals surface area contributed by atoms with Gasteiger partial charge < -0.3 is 14.9 Å². The number of aliphatic hydroxyl groups is 1. The number of aliphatic hydroxyl groups excluding tert-OH is 1. The Balaban J connectivity index is 2.27. The molecule has 0 aromatic carbocycles. The highest BCUT2D eigenvalue weighted by Crippen LogP contribution is 2.25. The van der Waals surface area contributed by atoms with Gasteiger partial charge in [0, 0.05) is 19.6 Å². The van der Waals surface area contributed by atoms with Crippen LogP contribution in [-0.2, 0) is 6.54 Å². The molecule has 1 aromatic rings. The van der Waals surface area contributed by atoms with E-state index in [1.807, 2.05) is 36.0 Å². The average Bonchev–Trinajstić information content (AvgIpc) is 2.41. The molecule has 20 heavy (non-hydrogen) atoms. The SMILES string of the molecule is C=Cc1ccc(N2CC[C@@H](F)[C@@H](O)C2)c(CN(C)C)n1. The first-order valence-electron chi connectivity index (χ1n) is 6.85. The molecule has 0 aliphatic carbocycles. The van der Waals surface area contributed by atoms with Crippen LogP contribution in [0.15, 0.2) is 18.7 Å². The van der Waals surface area contributed by atoms with E-state index < -0.39 is 12.3 Å². The summed E-state index contributed by atoms with van der Waals surface area (Å²) in [5.74, 6) is 0. The summed E-state index contributed by atoms with van der Waals surface area (Å²) in [6.07, 6.45) is 0.0242. The van der Waals surface area contributed by atoms with Crippen molar-refractivity contribution in [2.75, 3.05) is 32.1 Å². The normalized spacial score (nSPS) is 23.1. The zero-order valence-corrected chi connectivity index (χ0v) is 12.1. The number of piperidine rings is 1. The van der Waals surface area contributed by atoms with E-state index in [-0.39, 0.29) is 0 Å². The first kappa shape index (κ1) is 14.9. The highest BCUT2D eigenvalue weighted by Gasteiger charge is 2.28. The molecule has 0 bridgehead atoms. The lowest BCUT2D eigenvalue weighted by atomic mass is 10.0. The van der Waals surface area contributed by atoms with E-state index in [4.69, 9.17) is 0 Å². The molecule has 5 heteroatoms. The van der Waals surface area contributed by atoms with Crippen molar-refractivity contribution in [3.63, 3.8) is 0 Å². The van der Waals surface area contributed by atoms with Gasteiger partial charge in [-0.05, 0) is 38.7 Å². The van der Waals surface area contributed by atoms with Crippen LogP contribution in [0.1, 0.15) is 17.8 Å². The van der Waals surface area contributed by atoms with Crippen molar-refractivity contribution < 1.29 is 9.50 Å². The summed E-state index contributed by atoms with van der Waals surface area (Å²) in [6.45, 7) is 5.35. The molecule has 0 radical (unpaired) electrons. The van der Waals surface area contributed by atoms with E-state index >= 15 is 0 Å². The number of aromatic nitrogens is 1. The summed E-state index contributed by atoms with van der Waals surface area (Å²) < 4.78 is 13.4. The first-order valence-corrected chi connectivity index (χ1v) is 6.85. The minimum Gasteiger partial charge on any atom is -0.388 e. The molecule has 1 aliphatic rings. The Morgan fingerprint density at radius 2 is 2.30 bits per heavy atom. The molecule has 1 saturated heterocycles. The second-order valence-corrected chi connectivity index (χ2v) is 5.46. The van der Waals surface area contributed by atoms with Crippen LogP contribution < -0.4 is 4.90 Å². The van der Waals surface area contributed by atoms with Crippen LogP contribution >= 0.6 is 0 Å². The lowest BCUT2D eigenvalue weighted by Crippen LogP contribution is -2.45. The maximum atomic E-state index is 13.4. The minimum atomic E-state index is -1.12. The zero-order valence-electron chi connectivity index (χ0n) is 12.1. The minimum absolute atomic E-state index is 0.316. The van der Waals surface area contributed by atoms with Crippen molar-refractivity contribution in [1.82, 2.24) is 9.88 Å². The van der Waals surface area contributed by atoms with E-state index in [2.05, 4.69) is 11.6 Å². The first-order chi connectivity index (χ1) is 9.51. The highest BCUT2D eigenvalue weighted by atomic mass is 19.1. The lowest BCUT2D eigenvalue weighted by Gasteiger charge is -2.35. The van der Waals surface area contributed by atoms with Gasteiger partial charge in [0.25, 0.3) is 0 Å². The number of pyridine rings is 1. The maximum absolute atomic E-state index is 13.4. The van der Waals surface area contributed by atoms with Gasteiger partial charge in [0.05, 0.1) is 17.1 Å². The smallest absolute Gasteiger partial charge is 0.129 e. The Morgan fingerprint density at radius 1 is 1.55 bits per heavy atom. The number of alkyl halides is 1. The third kappa shape index (κ3) is 3.35. The van der Waals surface area contributed by atoms with E-state index in [0.29, 0.717) is 26.1 Å². The van der Waals surface area contributed by atoms with Crippen molar-refractivity contribution in [2.45, 2.75) is 25.2 Å². The van der Waals surface area contributed by atoms with Gasteiger partial charge in [0.1, 0.15) is 12.3 Å². The monoisotopic (exact) mass is 279 g/mol. The summed E-state index contributed by atoms with van der Waals surface area (Å²) in [5, 5.41) is 9.72. The Hall–Kier alpha value is -1.46. The summed E-state index contributed by atoms with van der Waals surface area (Å²) in [7, 11) is 3.96. The summed E-state index contributed by atoms with van der Waals surface area (Å²) in [5.41, 5.74) is 2.72. The molecule has 2 rings (SSSR count). The Bertz CT molecular complexity index is 478. The van der Waals surface area contributed by atoms with E-state index in [1.54, 1.807) is 6.08 Å². The fraction of sp³-hybridized carbons (Fsp3) is 0.533. The van der Waals surface area contributed by atoms with Crippen LogP contribution in [0.2, 0.25) is 0 Å². The number of nitrogens with zero attached hydrogens (tertiary/aromatic N) is 3. The Kier molecular flexibility index (Phi) is 4.73. The molecule has 0 amide bonds. The van der Waals surface area contributed by atoms with Gasteiger partial charge in [-0.25, -0.2) is 9.37 Å². The van der Waals surface area contributed by atoms with Crippen molar-refractivity contribution in [3.8, 4) is 0 Å². The lowest BCUT2D eigenvalue weighted by molar-refractivity contribution is 0.0644. The molecule has 0 spiro atoms. The number of rotatable bonds is 4. The molecule has 2 atom stereocenters. The van der Waals surface area contributed by atoms with Crippen LogP contribution in [0.5, 0.6) is 0 Å². The van der Waals surface area contributed by atoms with Crippen molar-refractivity contribution in [3.05, 3.63) is 30.1 Å². The molecular formula is C15H22FN3O.